The molecule has 0 aliphatic carbocycles. The number of methoxy groups -OCH3 is 1. The van der Waals surface area contributed by atoms with Crippen LogP contribution < -0.4 is 15.4 Å². The Bertz CT molecular complexity index is 836. The molecule has 2 aromatic rings. The second-order valence-corrected chi connectivity index (χ2v) is 7.91. The Morgan fingerprint density at radius 1 is 0.969 bits per heavy atom. The molecular weight excluding hydrogens is 404 g/mol. The van der Waals surface area contributed by atoms with Crippen LogP contribution in [0.5, 0.6) is 5.75 Å². The van der Waals surface area contributed by atoms with Gasteiger partial charge in [-0.05, 0) is 61.2 Å². The molecule has 1 unspecified atom stereocenters. The Balaban J connectivity index is 1.93. The van der Waals surface area contributed by atoms with Gasteiger partial charge in [-0.15, -0.1) is 0 Å². The molecule has 0 saturated carbocycles. The van der Waals surface area contributed by atoms with Crippen molar-refractivity contribution in [2.24, 2.45) is 0 Å². The second-order valence-electron chi connectivity index (χ2n) is 7.91. The zero-order valence-electron chi connectivity index (χ0n) is 19.5. The van der Waals surface area contributed by atoms with Crippen molar-refractivity contribution in [3.8, 4) is 5.75 Å². The number of unbranched alkanes of at least 4 members (excludes halogenated alkanes) is 3. The van der Waals surface area contributed by atoms with Crippen molar-refractivity contribution in [3.63, 3.8) is 0 Å². The third kappa shape index (κ3) is 9.00. The molecule has 0 heterocycles. The number of nitrogens with one attached hydrogen (secondary N) is 2. The smallest absolute Gasteiger partial charge is 0.411 e. The topological polar surface area (TPSA) is 76.7 Å². The summed E-state index contributed by atoms with van der Waals surface area (Å²) in [5.41, 5.74) is 2.28. The van der Waals surface area contributed by atoms with Crippen LogP contribution in [-0.2, 0) is 11.2 Å². The van der Waals surface area contributed by atoms with E-state index in [-0.39, 0.29) is 11.9 Å². The molecule has 0 saturated heterocycles. The van der Waals surface area contributed by atoms with E-state index in [0.717, 1.165) is 56.3 Å². The number of hydrogen-bond donors (Lipinski definition) is 2. The Hall–Kier alpha value is -3.02. The first-order chi connectivity index (χ1) is 15.5. The number of amides is 2. The maximum atomic E-state index is 12.8. The lowest BCUT2D eigenvalue weighted by Crippen LogP contribution is -2.36. The first-order valence-electron chi connectivity index (χ1n) is 11.5. The van der Waals surface area contributed by atoms with Gasteiger partial charge >= 0.3 is 6.09 Å². The highest BCUT2D eigenvalue weighted by Gasteiger charge is 2.15. The van der Waals surface area contributed by atoms with Crippen LogP contribution in [0.1, 0.15) is 68.3 Å². The van der Waals surface area contributed by atoms with Gasteiger partial charge in [0.2, 0.25) is 0 Å². The van der Waals surface area contributed by atoms with E-state index in [1.54, 1.807) is 31.4 Å². The molecule has 0 radical (unpaired) electrons. The van der Waals surface area contributed by atoms with Gasteiger partial charge in [-0.1, -0.05) is 51.7 Å². The van der Waals surface area contributed by atoms with E-state index < -0.39 is 6.09 Å². The largest absolute Gasteiger partial charge is 0.497 e. The maximum Gasteiger partial charge on any atom is 0.411 e. The van der Waals surface area contributed by atoms with Crippen LogP contribution in [0.15, 0.2) is 48.5 Å². The summed E-state index contributed by atoms with van der Waals surface area (Å²) in [6.07, 6.45) is 6.25. The second kappa shape index (κ2) is 14.1. The summed E-state index contributed by atoms with van der Waals surface area (Å²) in [5, 5.41) is 5.85. The van der Waals surface area contributed by atoms with Crippen molar-refractivity contribution in [1.29, 1.82) is 0 Å². The lowest BCUT2D eigenvalue weighted by atomic mass is 10.00. The zero-order chi connectivity index (χ0) is 23.2. The molecule has 6 heteroatoms. The minimum absolute atomic E-state index is 0.0328. The summed E-state index contributed by atoms with van der Waals surface area (Å²) in [5.74, 6) is 0.692. The first kappa shape index (κ1) is 25.2. The maximum absolute atomic E-state index is 12.8. The van der Waals surface area contributed by atoms with E-state index in [1.165, 1.54) is 0 Å². The molecule has 6 nitrogen and oxygen atoms in total. The fourth-order valence-electron chi connectivity index (χ4n) is 3.40. The molecule has 2 amide bonds. The van der Waals surface area contributed by atoms with Gasteiger partial charge in [-0.3, -0.25) is 10.1 Å². The Kier molecular flexibility index (Phi) is 11.1. The molecule has 174 valence electrons. The van der Waals surface area contributed by atoms with Gasteiger partial charge in [0.05, 0.1) is 13.7 Å². The normalized spacial score (nSPS) is 11.5. The van der Waals surface area contributed by atoms with Crippen molar-refractivity contribution in [2.75, 3.05) is 19.0 Å². The summed E-state index contributed by atoms with van der Waals surface area (Å²) >= 11 is 0. The van der Waals surface area contributed by atoms with Crippen LogP contribution in [0.3, 0.4) is 0 Å². The van der Waals surface area contributed by atoms with Crippen LogP contribution in [0.2, 0.25) is 0 Å². The number of rotatable bonds is 13. The summed E-state index contributed by atoms with van der Waals surface area (Å²) < 4.78 is 10.5. The summed E-state index contributed by atoms with van der Waals surface area (Å²) in [4.78, 5) is 24.7. The Morgan fingerprint density at radius 2 is 1.72 bits per heavy atom. The molecule has 0 aliphatic rings. The third-order valence-electron chi connectivity index (χ3n) is 5.23. The fraction of sp³-hybridized carbons (Fsp3) is 0.462. The van der Waals surface area contributed by atoms with Gasteiger partial charge in [0, 0.05) is 17.3 Å². The molecule has 0 spiro atoms. The van der Waals surface area contributed by atoms with E-state index in [2.05, 4.69) is 30.5 Å². The number of ether oxygens (including phenoxy) is 2. The quantitative estimate of drug-likeness (QED) is 0.377. The van der Waals surface area contributed by atoms with E-state index >= 15 is 0 Å². The van der Waals surface area contributed by atoms with Crippen molar-refractivity contribution in [1.82, 2.24) is 5.32 Å². The highest BCUT2D eigenvalue weighted by molar-refractivity contribution is 5.95. The van der Waals surface area contributed by atoms with Gasteiger partial charge in [0.25, 0.3) is 5.91 Å². The molecule has 0 fully saturated rings. The minimum Gasteiger partial charge on any atom is -0.497 e. The molecule has 2 rings (SSSR count). The van der Waals surface area contributed by atoms with Gasteiger partial charge in [-0.2, -0.15) is 0 Å². The van der Waals surface area contributed by atoms with Gasteiger partial charge in [-0.25, -0.2) is 4.79 Å². The van der Waals surface area contributed by atoms with Crippen molar-refractivity contribution in [2.45, 2.75) is 64.8 Å². The van der Waals surface area contributed by atoms with Gasteiger partial charge in [0.1, 0.15) is 5.75 Å². The van der Waals surface area contributed by atoms with Gasteiger partial charge in [0.15, 0.2) is 0 Å². The molecule has 0 aromatic heterocycles. The van der Waals surface area contributed by atoms with E-state index in [9.17, 15) is 9.59 Å². The Morgan fingerprint density at radius 3 is 2.41 bits per heavy atom. The number of benzene rings is 2. The average Bonchev–Trinajstić information content (AvgIpc) is 2.81. The fourth-order valence-corrected chi connectivity index (χ4v) is 3.40. The van der Waals surface area contributed by atoms with Crippen LogP contribution in [-0.4, -0.2) is 31.8 Å². The minimum atomic E-state index is -0.476. The number of carbonyl (C=O) groups excluding carboxylic acids is 2. The predicted molar refractivity (Wildman–Crippen MR) is 128 cm³/mol. The molecule has 32 heavy (non-hydrogen) atoms. The summed E-state index contributed by atoms with van der Waals surface area (Å²) in [6.45, 7) is 4.65. The summed E-state index contributed by atoms with van der Waals surface area (Å²) in [7, 11) is 1.65. The zero-order valence-corrected chi connectivity index (χ0v) is 19.5. The first-order valence-corrected chi connectivity index (χ1v) is 11.5. The van der Waals surface area contributed by atoms with Crippen LogP contribution >= 0.6 is 0 Å². The Labute approximate surface area is 191 Å². The van der Waals surface area contributed by atoms with Crippen molar-refractivity contribution < 1.29 is 19.1 Å². The highest BCUT2D eigenvalue weighted by Crippen LogP contribution is 2.17. The molecule has 0 aliphatic heterocycles. The molecular formula is C26H36N2O4. The molecule has 2 N–H and O–H groups in total. The predicted octanol–water partition coefficient (Wildman–Crippen LogP) is 5.97. The number of hydrogen-bond acceptors (Lipinski definition) is 4. The van der Waals surface area contributed by atoms with Crippen molar-refractivity contribution in [3.05, 3.63) is 59.7 Å². The van der Waals surface area contributed by atoms with Crippen molar-refractivity contribution >= 4 is 17.7 Å². The van der Waals surface area contributed by atoms with Gasteiger partial charge < -0.3 is 14.8 Å². The summed E-state index contributed by atoms with van der Waals surface area (Å²) in [6, 6.07) is 14.8. The van der Waals surface area contributed by atoms with Crippen LogP contribution in [0.4, 0.5) is 10.5 Å². The van der Waals surface area contributed by atoms with Crippen LogP contribution in [0, 0.1) is 0 Å². The van der Waals surface area contributed by atoms with Crippen LogP contribution in [0.25, 0.3) is 0 Å². The monoisotopic (exact) mass is 440 g/mol. The average molecular weight is 441 g/mol. The van der Waals surface area contributed by atoms with E-state index in [4.69, 9.17) is 9.47 Å². The molecule has 0 bridgehead atoms. The highest BCUT2D eigenvalue weighted by atomic mass is 16.5. The molecule has 2 aromatic carbocycles. The number of anilines is 1. The number of carbonyl (C=O) groups is 2. The lowest BCUT2D eigenvalue weighted by molar-refractivity contribution is 0.0934. The van der Waals surface area contributed by atoms with E-state index in [0.29, 0.717) is 17.9 Å². The standard InChI is InChI=1S/C26H36N2O4/c1-4-6-8-17-32-26(30)28-22-15-13-21(14-16-22)25(29)27-23(11-7-5-2)18-20-10-9-12-24(19-20)31-3/h9-10,12-16,19,23H,4-8,11,17-18H2,1-3H3,(H,27,29)(H,28,30). The third-order valence-corrected chi connectivity index (χ3v) is 5.23. The van der Waals surface area contributed by atoms with E-state index in [1.807, 2.05) is 18.2 Å². The lowest BCUT2D eigenvalue weighted by Gasteiger charge is -2.19. The SMILES string of the molecule is CCCCCOC(=O)Nc1ccc(C(=O)NC(CCCC)Cc2cccc(OC)c2)cc1. The molecule has 1 atom stereocenters.